The van der Waals surface area contributed by atoms with Crippen LogP contribution >= 0.6 is 11.8 Å². The molecule has 2 aromatic carbocycles. The number of carbonyl (C=O) groups excluding carboxylic acids is 1. The van der Waals surface area contributed by atoms with Gasteiger partial charge in [-0.05, 0) is 54.6 Å². The molecule has 0 saturated carbocycles. The molecule has 0 radical (unpaired) electrons. The molecule has 0 atom stereocenters. The highest BCUT2D eigenvalue weighted by molar-refractivity contribution is 8.18. The molecule has 0 aromatic heterocycles. The van der Waals surface area contributed by atoms with Crippen molar-refractivity contribution >= 4 is 34.6 Å². The number of nitrogens with zero attached hydrogens (tertiary/aromatic N) is 1. The van der Waals surface area contributed by atoms with E-state index >= 15 is 0 Å². The molecule has 5 heteroatoms. The number of aliphatic imine (C=N–C) groups is 1. The lowest BCUT2D eigenvalue weighted by molar-refractivity contribution is -0.115. The number of carbonyl (C=O) groups is 1. The van der Waals surface area contributed by atoms with Crippen molar-refractivity contribution in [3.63, 3.8) is 0 Å². The van der Waals surface area contributed by atoms with Crippen molar-refractivity contribution in [1.82, 2.24) is 5.32 Å². The van der Waals surface area contributed by atoms with Crippen LogP contribution < -0.4 is 10.1 Å². The van der Waals surface area contributed by atoms with Crippen molar-refractivity contribution in [2.45, 2.75) is 6.92 Å². The molecule has 23 heavy (non-hydrogen) atoms. The predicted octanol–water partition coefficient (Wildman–Crippen LogP) is 3.98. The third kappa shape index (κ3) is 4.02. The first kappa shape index (κ1) is 15.4. The Kier molecular flexibility index (Phi) is 4.78. The lowest BCUT2D eigenvalue weighted by Gasteiger charge is -2.02. The Hall–Kier alpha value is -2.53. The van der Waals surface area contributed by atoms with E-state index in [-0.39, 0.29) is 5.91 Å². The first-order valence-corrected chi connectivity index (χ1v) is 8.14. The fourth-order valence-electron chi connectivity index (χ4n) is 2.08. The van der Waals surface area contributed by atoms with E-state index in [0.717, 1.165) is 17.0 Å². The Morgan fingerprint density at radius 1 is 1.13 bits per heavy atom. The summed E-state index contributed by atoms with van der Waals surface area (Å²) in [7, 11) is 0. The van der Waals surface area contributed by atoms with E-state index in [2.05, 4.69) is 10.3 Å². The minimum absolute atomic E-state index is 0.126. The van der Waals surface area contributed by atoms with Crippen molar-refractivity contribution in [1.29, 1.82) is 0 Å². The maximum atomic E-state index is 12.0. The van der Waals surface area contributed by atoms with Gasteiger partial charge >= 0.3 is 0 Å². The van der Waals surface area contributed by atoms with Gasteiger partial charge in [-0.15, -0.1) is 0 Å². The van der Waals surface area contributed by atoms with Crippen LogP contribution in [0.2, 0.25) is 0 Å². The van der Waals surface area contributed by atoms with E-state index in [9.17, 15) is 4.79 Å². The molecule has 1 N–H and O–H groups in total. The molecule has 1 aliphatic rings. The molecule has 1 aliphatic heterocycles. The molecule has 2 aromatic rings. The summed E-state index contributed by atoms with van der Waals surface area (Å²) in [6.45, 7) is 2.58. The van der Waals surface area contributed by atoms with Gasteiger partial charge in [0.1, 0.15) is 5.75 Å². The second-order valence-corrected chi connectivity index (χ2v) is 5.85. The minimum Gasteiger partial charge on any atom is -0.494 e. The van der Waals surface area contributed by atoms with Crippen molar-refractivity contribution < 1.29 is 9.53 Å². The largest absolute Gasteiger partial charge is 0.494 e. The van der Waals surface area contributed by atoms with Gasteiger partial charge in [0.25, 0.3) is 5.91 Å². The number of amidine groups is 1. The Labute approximate surface area is 139 Å². The molecule has 1 saturated heterocycles. The summed E-state index contributed by atoms with van der Waals surface area (Å²) < 4.78 is 5.41. The van der Waals surface area contributed by atoms with E-state index < -0.39 is 0 Å². The van der Waals surface area contributed by atoms with E-state index in [1.807, 2.05) is 67.6 Å². The molecule has 1 amide bonds. The van der Waals surface area contributed by atoms with Crippen LogP contribution in [-0.2, 0) is 4.79 Å². The standard InChI is InChI=1S/C18H16N2O2S/c1-2-22-15-10-8-13(9-11-15)12-16-17(21)20-18(23-16)19-14-6-4-3-5-7-14/h3-12H,2H2,1H3,(H,19,20,21)/b16-12-. The van der Waals surface area contributed by atoms with E-state index in [4.69, 9.17) is 4.74 Å². The van der Waals surface area contributed by atoms with Crippen LogP contribution in [0.15, 0.2) is 64.5 Å². The highest BCUT2D eigenvalue weighted by Crippen LogP contribution is 2.28. The van der Waals surface area contributed by atoms with E-state index in [0.29, 0.717) is 16.7 Å². The third-order valence-electron chi connectivity index (χ3n) is 3.13. The average molecular weight is 324 g/mol. The number of thioether (sulfide) groups is 1. The van der Waals surface area contributed by atoms with Crippen LogP contribution in [0.1, 0.15) is 12.5 Å². The summed E-state index contributed by atoms with van der Waals surface area (Å²) in [6.07, 6.45) is 1.85. The Bertz CT molecular complexity index is 752. The zero-order chi connectivity index (χ0) is 16.1. The van der Waals surface area contributed by atoms with Crippen molar-refractivity contribution in [2.24, 2.45) is 4.99 Å². The quantitative estimate of drug-likeness (QED) is 0.866. The second-order valence-electron chi connectivity index (χ2n) is 4.82. The lowest BCUT2D eigenvalue weighted by Crippen LogP contribution is -2.19. The van der Waals surface area contributed by atoms with E-state index in [1.165, 1.54) is 11.8 Å². The number of para-hydroxylation sites is 1. The summed E-state index contributed by atoms with van der Waals surface area (Å²) in [5.74, 6) is 0.697. The monoisotopic (exact) mass is 324 g/mol. The summed E-state index contributed by atoms with van der Waals surface area (Å²) >= 11 is 1.34. The lowest BCUT2D eigenvalue weighted by atomic mass is 10.2. The van der Waals surface area contributed by atoms with Crippen LogP contribution in [0.4, 0.5) is 5.69 Å². The van der Waals surface area contributed by atoms with E-state index in [1.54, 1.807) is 0 Å². The van der Waals surface area contributed by atoms with Gasteiger partial charge in [-0.25, -0.2) is 4.99 Å². The number of hydrogen-bond donors (Lipinski definition) is 1. The van der Waals surface area contributed by atoms with Crippen molar-refractivity contribution in [3.05, 3.63) is 65.1 Å². The molecular weight excluding hydrogens is 308 g/mol. The van der Waals surface area contributed by atoms with Crippen molar-refractivity contribution in [3.8, 4) is 5.75 Å². The number of rotatable bonds is 4. The molecular formula is C18H16N2O2S. The zero-order valence-corrected chi connectivity index (χ0v) is 13.5. The Balaban J connectivity index is 1.76. The number of nitrogens with one attached hydrogen (secondary N) is 1. The first-order valence-electron chi connectivity index (χ1n) is 7.32. The molecule has 1 fully saturated rings. The minimum atomic E-state index is -0.126. The molecule has 4 nitrogen and oxygen atoms in total. The predicted molar refractivity (Wildman–Crippen MR) is 94.9 cm³/mol. The van der Waals surface area contributed by atoms with Gasteiger partial charge in [-0.3, -0.25) is 4.79 Å². The van der Waals surface area contributed by atoms with Crippen molar-refractivity contribution in [2.75, 3.05) is 6.61 Å². The normalized spacial score (nSPS) is 17.5. The van der Waals surface area contributed by atoms with Crippen LogP contribution in [0.5, 0.6) is 5.75 Å². The summed E-state index contributed by atoms with van der Waals surface area (Å²) in [6, 6.07) is 17.2. The molecule has 116 valence electrons. The fraction of sp³-hybridized carbons (Fsp3) is 0.111. The average Bonchev–Trinajstić information content (AvgIpc) is 2.90. The van der Waals surface area contributed by atoms with Crippen LogP contribution in [0.3, 0.4) is 0 Å². The topological polar surface area (TPSA) is 50.7 Å². The van der Waals surface area contributed by atoms with Gasteiger partial charge in [0, 0.05) is 0 Å². The highest BCUT2D eigenvalue weighted by Gasteiger charge is 2.23. The molecule has 0 spiro atoms. The molecule has 3 rings (SSSR count). The van der Waals surface area contributed by atoms with Gasteiger partial charge in [0.05, 0.1) is 17.2 Å². The number of hydrogen-bond acceptors (Lipinski definition) is 4. The number of amides is 1. The van der Waals surface area contributed by atoms with Crippen LogP contribution in [0.25, 0.3) is 6.08 Å². The molecule has 0 aliphatic carbocycles. The summed E-state index contributed by atoms with van der Waals surface area (Å²) in [5, 5.41) is 3.38. The summed E-state index contributed by atoms with van der Waals surface area (Å²) in [5.41, 5.74) is 1.77. The van der Waals surface area contributed by atoms with Gasteiger partial charge in [-0.1, -0.05) is 30.3 Å². The van der Waals surface area contributed by atoms with Gasteiger partial charge < -0.3 is 10.1 Å². The van der Waals surface area contributed by atoms with Gasteiger partial charge in [0.15, 0.2) is 5.17 Å². The summed E-state index contributed by atoms with van der Waals surface area (Å²) in [4.78, 5) is 17.1. The third-order valence-corrected chi connectivity index (χ3v) is 4.04. The molecule has 1 heterocycles. The number of benzene rings is 2. The Morgan fingerprint density at radius 2 is 1.87 bits per heavy atom. The highest BCUT2D eigenvalue weighted by atomic mass is 32.2. The maximum Gasteiger partial charge on any atom is 0.264 e. The zero-order valence-electron chi connectivity index (χ0n) is 12.7. The maximum absolute atomic E-state index is 12.0. The smallest absolute Gasteiger partial charge is 0.264 e. The Morgan fingerprint density at radius 3 is 2.57 bits per heavy atom. The molecule has 0 unspecified atom stereocenters. The molecule has 0 bridgehead atoms. The fourth-order valence-corrected chi connectivity index (χ4v) is 2.92. The van der Waals surface area contributed by atoms with Crippen LogP contribution in [-0.4, -0.2) is 17.7 Å². The first-order chi connectivity index (χ1) is 11.2. The second kappa shape index (κ2) is 7.15. The van der Waals surface area contributed by atoms with Gasteiger partial charge in [0.2, 0.25) is 0 Å². The van der Waals surface area contributed by atoms with Crippen LogP contribution in [0, 0.1) is 0 Å². The number of ether oxygens (including phenoxy) is 1. The SMILES string of the molecule is CCOc1ccc(/C=C2\SC(=Nc3ccccc3)NC2=O)cc1. The van der Waals surface area contributed by atoms with Gasteiger partial charge in [-0.2, -0.15) is 0 Å².